The summed E-state index contributed by atoms with van der Waals surface area (Å²) in [6.07, 6.45) is 7.62. The number of hydrogen-bond acceptors (Lipinski definition) is 2. The van der Waals surface area contributed by atoms with Gasteiger partial charge in [-0.1, -0.05) is 26.2 Å². The summed E-state index contributed by atoms with van der Waals surface area (Å²) in [6.45, 7) is 2.23. The van der Waals surface area contributed by atoms with Crippen molar-refractivity contribution in [1.29, 1.82) is 0 Å². The van der Waals surface area contributed by atoms with Crippen LogP contribution < -0.4 is 0 Å². The van der Waals surface area contributed by atoms with Crippen LogP contribution in [-0.4, -0.2) is 15.6 Å². The molecule has 1 aliphatic rings. The summed E-state index contributed by atoms with van der Waals surface area (Å²) in [5.74, 6) is 1.12. The van der Waals surface area contributed by atoms with Crippen LogP contribution in [0.4, 0.5) is 0 Å². The average Bonchev–Trinajstić information content (AvgIpc) is 2.46. The van der Waals surface area contributed by atoms with Crippen molar-refractivity contribution >= 4 is 21.0 Å². The summed E-state index contributed by atoms with van der Waals surface area (Å²) in [7, 11) is 1.09. The van der Waals surface area contributed by atoms with Crippen LogP contribution in [0.1, 0.15) is 45.4 Å². The van der Waals surface area contributed by atoms with Crippen molar-refractivity contribution in [2.24, 2.45) is 0 Å². The molecule has 0 N–H and O–H groups in total. The first-order chi connectivity index (χ1) is 5.84. The molecule has 0 aromatic rings. The van der Waals surface area contributed by atoms with E-state index in [-0.39, 0.29) is 0 Å². The van der Waals surface area contributed by atoms with Crippen LogP contribution in [0.5, 0.6) is 0 Å². The molecule has 0 aliphatic carbocycles. The molecule has 12 heavy (non-hydrogen) atoms. The summed E-state index contributed by atoms with van der Waals surface area (Å²) in [6, 6.07) is 0. The summed E-state index contributed by atoms with van der Waals surface area (Å²) in [5, 5.41) is 0.520. The molecule has 1 rings (SSSR count). The van der Waals surface area contributed by atoms with Gasteiger partial charge in [-0.05, 0) is 12.8 Å². The van der Waals surface area contributed by atoms with E-state index in [4.69, 9.17) is 0 Å². The van der Waals surface area contributed by atoms with Gasteiger partial charge >= 0.3 is 0 Å². The Hall–Kier alpha value is 0.660. The number of rotatable bonds is 5. The van der Waals surface area contributed by atoms with Crippen LogP contribution >= 0.6 is 10.8 Å². The van der Waals surface area contributed by atoms with E-state index in [1.165, 1.54) is 38.5 Å². The Kier molecular flexibility index (Phi) is 5.52. The highest BCUT2D eigenvalue weighted by atomic mass is 33.1. The van der Waals surface area contributed by atoms with Gasteiger partial charge in [0, 0.05) is 22.4 Å². The number of hydrogen-bond donors (Lipinski definition) is 0. The smallest absolute Gasteiger partial charge is 0.128 e. The maximum absolute atomic E-state index is 11.3. The fourth-order valence-electron chi connectivity index (χ4n) is 1.49. The van der Waals surface area contributed by atoms with Gasteiger partial charge in [-0.25, -0.2) is 0 Å². The van der Waals surface area contributed by atoms with Crippen LogP contribution in [0, 0.1) is 0 Å². The summed E-state index contributed by atoms with van der Waals surface area (Å²) >= 11 is 0. The second kappa shape index (κ2) is 6.17. The molecule has 0 saturated carbocycles. The molecular formula is C9H18OS2. The maximum Gasteiger partial charge on any atom is 0.128 e. The highest BCUT2D eigenvalue weighted by Crippen LogP contribution is 2.33. The molecule has 1 fully saturated rings. The molecule has 0 radical (unpaired) electrons. The predicted octanol–water partition coefficient (Wildman–Crippen LogP) is 3.13. The van der Waals surface area contributed by atoms with E-state index in [2.05, 4.69) is 6.92 Å². The third-order valence-electron chi connectivity index (χ3n) is 2.29. The monoisotopic (exact) mass is 206 g/mol. The van der Waals surface area contributed by atoms with Gasteiger partial charge in [0.05, 0.1) is 10.8 Å². The minimum absolute atomic E-state index is 0.520. The van der Waals surface area contributed by atoms with Crippen molar-refractivity contribution in [1.82, 2.24) is 0 Å². The third-order valence-corrected chi connectivity index (χ3v) is 5.95. The van der Waals surface area contributed by atoms with Crippen LogP contribution in [0.25, 0.3) is 0 Å². The number of unbranched alkanes of at least 4 members (excludes halogenated alkanes) is 3. The van der Waals surface area contributed by atoms with Crippen molar-refractivity contribution in [2.75, 3.05) is 5.75 Å². The van der Waals surface area contributed by atoms with Gasteiger partial charge < -0.3 is 4.55 Å². The van der Waals surface area contributed by atoms with E-state index >= 15 is 0 Å². The van der Waals surface area contributed by atoms with E-state index in [0.717, 1.165) is 5.75 Å². The molecule has 0 amide bonds. The van der Waals surface area contributed by atoms with E-state index in [9.17, 15) is 4.55 Å². The van der Waals surface area contributed by atoms with Crippen molar-refractivity contribution < 1.29 is 4.55 Å². The quantitative estimate of drug-likeness (QED) is 0.392. The first kappa shape index (κ1) is 10.7. The van der Waals surface area contributed by atoms with E-state index in [1.807, 2.05) is 0 Å². The molecular weight excluding hydrogens is 188 g/mol. The second-order valence-electron chi connectivity index (χ2n) is 3.34. The van der Waals surface area contributed by atoms with Crippen LogP contribution in [-0.2, 0) is 10.2 Å². The molecule has 1 aliphatic heterocycles. The predicted molar refractivity (Wildman–Crippen MR) is 57.8 cm³/mol. The molecule has 1 saturated heterocycles. The maximum atomic E-state index is 11.3. The second-order valence-corrected chi connectivity index (χ2v) is 6.87. The molecule has 3 heteroatoms. The Balaban J connectivity index is 1.98. The van der Waals surface area contributed by atoms with Crippen LogP contribution in [0.15, 0.2) is 0 Å². The lowest BCUT2D eigenvalue weighted by Gasteiger charge is -2.10. The topological polar surface area (TPSA) is 23.1 Å². The Bertz CT molecular complexity index is 119. The van der Waals surface area contributed by atoms with Gasteiger partial charge in [-0.15, -0.1) is 0 Å². The molecule has 0 aromatic carbocycles. The highest BCUT2D eigenvalue weighted by Gasteiger charge is 2.29. The fraction of sp³-hybridized carbons (Fsp3) is 1.00. The Morgan fingerprint density at radius 1 is 1.42 bits per heavy atom. The largest absolute Gasteiger partial charge is 0.605 e. The van der Waals surface area contributed by atoms with Gasteiger partial charge in [0.1, 0.15) is 5.25 Å². The van der Waals surface area contributed by atoms with Crippen molar-refractivity contribution in [3.63, 3.8) is 0 Å². The highest BCUT2D eigenvalue weighted by molar-refractivity contribution is 8.72. The minimum Gasteiger partial charge on any atom is -0.605 e. The standard InChI is InChI=1S/C9H18OS2/c1-2-3-4-5-6-9-7-8-11-12(9)10/h9H,2-8H2,1H3/t9-,12-/m0/s1. The fourth-order valence-corrected chi connectivity index (χ4v) is 4.99. The molecule has 1 nitrogen and oxygen atoms in total. The van der Waals surface area contributed by atoms with Crippen LogP contribution in [0.3, 0.4) is 0 Å². The Morgan fingerprint density at radius 3 is 2.83 bits per heavy atom. The van der Waals surface area contributed by atoms with Crippen LogP contribution in [0.2, 0.25) is 0 Å². The SMILES string of the molecule is CCCCCC[C@H]1CCS[S@+]1[O-]. The Morgan fingerprint density at radius 2 is 2.25 bits per heavy atom. The van der Waals surface area contributed by atoms with Crippen molar-refractivity contribution in [2.45, 2.75) is 50.7 Å². The van der Waals surface area contributed by atoms with Gasteiger partial charge in [0.25, 0.3) is 0 Å². The first-order valence-electron chi connectivity index (χ1n) is 4.88. The third kappa shape index (κ3) is 3.58. The van der Waals surface area contributed by atoms with Crippen molar-refractivity contribution in [3.05, 3.63) is 0 Å². The molecule has 0 unspecified atom stereocenters. The van der Waals surface area contributed by atoms with E-state index in [0.29, 0.717) is 5.25 Å². The summed E-state index contributed by atoms with van der Waals surface area (Å²) in [5.41, 5.74) is 0. The first-order valence-corrected chi connectivity index (χ1v) is 7.60. The summed E-state index contributed by atoms with van der Waals surface area (Å²) < 4.78 is 11.3. The van der Waals surface area contributed by atoms with Crippen molar-refractivity contribution in [3.8, 4) is 0 Å². The molecule has 72 valence electrons. The van der Waals surface area contributed by atoms with Gasteiger partial charge in [0.15, 0.2) is 0 Å². The minimum atomic E-state index is -0.549. The lowest BCUT2D eigenvalue weighted by Crippen LogP contribution is -2.11. The molecule has 2 atom stereocenters. The lowest BCUT2D eigenvalue weighted by atomic mass is 10.1. The van der Waals surface area contributed by atoms with Gasteiger partial charge in [-0.2, -0.15) is 0 Å². The van der Waals surface area contributed by atoms with Gasteiger partial charge in [0.2, 0.25) is 0 Å². The normalized spacial score (nSPS) is 29.5. The lowest BCUT2D eigenvalue weighted by molar-refractivity contribution is 0.565. The Labute approximate surface area is 82.3 Å². The molecule has 1 heterocycles. The summed E-state index contributed by atoms with van der Waals surface area (Å²) in [4.78, 5) is 0. The van der Waals surface area contributed by atoms with Gasteiger partial charge in [-0.3, -0.25) is 0 Å². The zero-order valence-corrected chi connectivity index (χ0v) is 9.38. The molecule has 0 spiro atoms. The zero-order chi connectivity index (χ0) is 8.81. The molecule has 0 bridgehead atoms. The molecule has 0 aromatic heterocycles. The van der Waals surface area contributed by atoms with E-state index in [1.54, 1.807) is 10.8 Å². The van der Waals surface area contributed by atoms with E-state index < -0.39 is 10.2 Å². The average molecular weight is 206 g/mol. The zero-order valence-electron chi connectivity index (χ0n) is 7.75.